The summed E-state index contributed by atoms with van der Waals surface area (Å²) in [5.74, 6) is 0.542. The molecule has 2 fully saturated rings. The van der Waals surface area contributed by atoms with Crippen LogP contribution in [0.3, 0.4) is 0 Å². The topological polar surface area (TPSA) is 53.4 Å². The van der Waals surface area contributed by atoms with Gasteiger partial charge in [0.05, 0.1) is 13.1 Å². The van der Waals surface area contributed by atoms with Gasteiger partial charge in [-0.1, -0.05) is 25.4 Å². The second kappa shape index (κ2) is 4.71. The minimum absolute atomic E-state index is 0.0680. The van der Waals surface area contributed by atoms with E-state index in [9.17, 15) is 9.90 Å². The van der Waals surface area contributed by atoms with Gasteiger partial charge in [-0.2, -0.15) is 0 Å². The molecule has 3 rings (SSSR count). The average molecular weight is 295 g/mol. The monoisotopic (exact) mass is 294 g/mol. The second-order valence-corrected chi connectivity index (χ2v) is 6.68. The van der Waals surface area contributed by atoms with Crippen molar-refractivity contribution in [2.75, 3.05) is 13.1 Å². The lowest BCUT2D eigenvalue weighted by molar-refractivity contribution is -0.0958. The van der Waals surface area contributed by atoms with E-state index in [0.717, 1.165) is 18.5 Å². The number of amides is 1. The fourth-order valence-electron chi connectivity index (χ4n) is 2.76. The van der Waals surface area contributed by atoms with Crippen LogP contribution in [0.2, 0.25) is 5.15 Å². The van der Waals surface area contributed by atoms with Crippen LogP contribution in [0.25, 0.3) is 0 Å². The second-order valence-electron chi connectivity index (χ2n) is 6.30. The number of pyridine rings is 1. The number of halogens is 1. The Morgan fingerprint density at radius 2 is 2.10 bits per heavy atom. The molecule has 2 heterocycles. The Balaban J connectivity index is 1.75. The highest BCUT2D eigenvalue weighted by atomic mass is 35.5. The quantitative estimate of drug-likeness (QED) is 0.871. The van der Waals surface area contributed by atoms with Crippen molar-refractivity contribution in [2.24, 2.45) is 5.92 Å². The summed E-state index contributed by atoms with van der Waals surface area (Å²) in [4.78, 5) is 18.3. The average Bonchev–Trinajstić information content (AvgIpc) is 3.17. The zero-order chi connectivity index (χ0) is 14.5. The molecule has 1 aliphatic heterocycles. The molecule has 4 nitrogen and oxygen atoms in total. The first kappa shape index (κ1) is 13.8. The minimum Gasteiger partial charge on any atom is -0.386 e. The van der Waals surface area contributed by atoms with E-state index in [1.165, 1.54) is 0 Å². The van der Waals surface area contributed by atoms with E-state index < -0.39 is 5.60 Å². The number of carbonyl (C=O) groups excluding carboxylic acids is 1. The molecule has 0 unspecified atom stereocenters. The SMILES string of the molecule is CC(C)c1cc(C(=O)N2CC(O)(C3CC3)C2)cc(Cl)n1. The third-order valence-corrected chi connectivity index (χ3v) is 4.40. The number of rotatable bonds is 3. The molecule has 1 saturated carbocycles. The maximum Gasteiger partial charge on any atom is 0.254 e. The van der Waals surface area contributed by atoms with Gasteiger partial charge in [-0.3, -0.25) is 4.79 Å². The molecule has 1 N–H and O–H groups in total. The van der Waals surface area contributed by atoms with E-state index in [0.29, 0.717) is 29.7 Å². The first-order chi connectivity index (χ1) is 9.39. The lowest BCUT2D eigenvalue weighted by Gasteiger charge is -2.47. The summed E-state index contributed by atoms with van der Waals surface area (Å²) in [7, 11) is 0. The van der Waals surface area contributed by atoms with Gasteiger partial charge in [-0.15, -0.1) is 0 Å². The zero-order valence-electron chi connectivity index (χ0n) is 11.8. The smallest absolute Gasteiger partial charge is 0.254 e. The van der Waals surface area contributed by atoms with Gasteiger partial charge in [0.15, 0.2) is 0 Å². The molecule has 2 aliphatic rings. The van der Waals surface area contributed by atoms with Crippen LogP contribution in [0.4, 0.5) is 0 Å². The predicted molar refractivity (Wildman–Crippen MR) is 76.9 cm³/mol. The van der Waals surface area contributed by atoms with Gasteiger partial charge in [-0.25, -0.2) is 4.98 Å². The number of carbonyl (C=O) groups is 1. The van der Waals surface area contributed by atoms with Crippen molar-refractivity contribution in [1.29, 1.82) is 0 Å². The molecule has 108 valence electrons. The van der Waals surface area contributed by atoms with Crippen LogP contribution < -0.4 is 0 Å². The Labute approximate surface area is 123 Å². The standard InChI is InChI=1S/C15H19ClN2O2/c1-9(2)12-5-10(6-13(16)17-12)14(19)18-7-15(20,8-18)11-3-4-11/h5-6,9,11,20H,3-4,7-8H2,1-2H3. The molecule has 1 amide bonds. The Morgan fingerprint density at radius 3 is 2.65 bits per heavy atom. The number of hydrogen-bond acceptors (Lipinski definition) is 3. The van der Waals surface area contributed by atoms with Gasteiger partial charge in [0.2, 0.25) is 0 Å². The molecule has 1 aromatic heterocycles. The van der Waals surface area contributed by atoms with Crippen molar-refractivity contribution >= 4 is 17.5 Å². The first-order valence-corrected chi connectivity index (χ1v) is 7.46. The molecular weight excluding hydrogens is 276 g/mol. The van der Waals surface area contributed by atoms with Gasteiger partial charge >= 0.3 is 0 Å². The van der Waals surface area contributed by atoms with Crippen LogP contribution in [0, 0.1) is 5.92 Å². The number of hydrogen-bond donors (Lipinski definition) is 1. The van der Waals surface area contributed by atoms with Gasteiger partial charge < -0.3 is 10.0 Å². The van der Waals surface area contributed by atoms with Crippen LogP contribution in [-0.2, 0) is 0 Å². The van der Waals surface area contributed by atoms with Gasteiger partial charge in [-0.05, 0) is 36.8 Å². The van der Waals surface area contributed by atoms with Gasteiger partial charge in [0, 0.05) is 11.3 Å². The highest BCUT2D eigenvalue weighted by Gasteiger charge is 2.53. The Kier molecular flexibility index (Phi) is 3.26. The third-order valence-electron chi connectivity index (χ3n) is 4.21. The van der Waals surface area contributed by atoms with E-state index in [4.69, 9.17) is 11.6 Å². The lowest BCUT2D eigenvalue weighted by atomic mass is 9.88. The van der Waals surface area contributed by atoms with E-state index in [1.807, 2.05) is 13.8 Å². The summed E-state index contributed by atoms with van der Waals surface area (Å²) >= 11 is 5.99. The van der Waals surface area contributed by atoms with Crippen molar-refractivity contribution in [3.8, 4) is 0 Å². The van der Waals surface area contributed by atoms with E-state index in [-0.39, 0.29) is 11.8 Å². The molecule has 0 radical (unpaired) electrons. The van der Waals surface area contributed by atoms with E-state index in [2.05, 4.69) is 4.98 Å². The van der Waals surface area contributed by atoms with Crippen LogP contribution in [-0.4, -0.2) is 39.6 Å². The fraction of sp³-hybridized carbons (Fsp3) is 0.600. The van der Waals surface area contributed by atoms with Crippen LogP contribution in [0.5, 0.6) is 0 Å². The van der Waals surface area contributed by atoms with Crippen molar-refractivity contribution in [3.05, 3.63) is 28.5 Å². The zero-order valence-corrected chi connectivity index (χ0v) is 12.5. The maximum absolute atomic E-state index is 12.4. The molecule has 20 heavy (non-hydrogen) atoms. The molecule has 0 bridgehead atoms. The number of aliphatic hydroxyl groups is 1. The van der Waals surface area contributed by atoms with E-state index >= 15 is 0 Å². The third kappa shape index (κ3) is 2.42. The summed E-state index contributed by atoms with van der Waals surface area (Å²) in [5.41, 5.74) is 0.735. The van der Waals surface area contributed by atoms with Crippen LogP contribution >= 0.6 is 11.6 Å². The predicted octanol–water partition coefficient (Wildman–Crippen LogP) is 2.46. The largest absolute Gasteiger partial charge is 0.386 e. The highest BCUT2D eigenvalue weighted by molar-refractivity contribution is 6.29. The highest BCUT2D eigenvalue weighted by Crippen LogP contribution is 2.44. The molecule has 0 atom stereocenters. The minimum atomic E-state index is -0.645. The number of nitrogens with zero attached hydrogens (tertiary/aromatic N) is 2. The lowest BCUT2D eigenvalue weighted by Crippen LogP contribution is -2.64. The summed E-state index contributed by atoms with van der Waals surface area (Å²) in [6, 6.07) is 3.40. The van der Waals surface area contributed by atoms with E-state index in [1.54, 1.807) is 17.0 Å². The fourth-order valence-corrected chi connectivity index (χ4v) is 2.97. The van der Waals surface area contributed by atoms with Crippen molar-refractivity contribution < 1.29 is 9.90 Å². The summed E-state index contributed by atoms with van der Waals surface area (Å²) < 4.78 is 0. The number of β-amino-alcohol motifs (C(OH)–C–C–N with tert-alkyl or cyclic N) is 1. The molecule has 5 heteroatoms. The summed E-state index contributed by atoms with van der Waals surface area (Å²) in [6.07, 6.45) is 2.16. The summed E-state index contributed by atoms with van der Waals surface area (Å²) in [5, 5.41) is 10.6. The molecular formula is C15H19ClN2O2. The first-order valence-electron chi connectivity index (χ1n) is 7.08. The van der Waals surface area contributed by atoms with Crippen molar-refractivity contribution in [3.63, 3.8) is 0 Å². The van der Waals surface area contributed by atoms with Crippen LogP contribution in [0.15, 0.2) is 12.1 Å². The van der Waals surface area contributed by atoms with Gasteiger partial charge in [0.25, 0.3) is 5.91 Å². The van der Waals surface area contributed by atoms with Crippen molar-refractivity contribution in [2.45, 2.75) is 38.2 Å². The Hall–Kier alpha value is -1.13. The Bertz CT molecular complexity index is 549. The van der Waals surface area contributed by atoms with Gasteiger partial charge in [0.1, 0.15) is 10.8 Å². The van der Waals surface area contributed by atoms with Crippen molar-refractivity contribution in [1.82, 2.24) is 9.88 Å². The molecule has 1 aliphatic carbocycles. The normalized spacial score (nSPS) is 20.9. The molecule has 0 spiro atoms. The molecule has 0 aromatic carbocycles. The number of aromatic nitrogens is 1. The molecule has 1 aromatic rings. The molecule has 1 saturated heterocycles. The summed E-state index contributed by atoms with van der Waals surface area (Å²) in [6.45, 7) is 4.91. The number of likely N-dealkylation sites (tertiary alicyclic amines) is 1. The van der Waals surface area contributed by atoms with Crippen LogP contribution in [0.1, 0.15) is 48.7 Å². The Morgan fingerprint density at radius 1 is 1.45 bits per heavy atom. The maximum atomic E-state index is 12.4.